The Balaban J connectivity index is 2.39. The molecule has 0 saturated carbocycles. The van der Waals surface area contributed by atoms with E-state index < -0.39 is 0 Å². The average Bonchev–Trinajstić information content (AvgIpc) is 2.72. The summed E-state index contributed by atoms with van der Waals surface area (Å²) in [5.74, 6) is 1.04. The number of aromatic nitrogens is 2. The summed E-state index contributed by atoms with van der Waals surface area (Å²) in [6.07, 6.45) is 1.67. The van der Waals surface area contributed by atoms with Crippen LogP contribution in [0.15, 0.2) is 18.2 Å². The van der Waals surface area contributed by atoms with E-state index in [1.165, 1.54) is 13.2 Å². The van der Waals surface area contributed by atoms with Gasteiger partial charge in [0.2, 0.25) is 5.88 Å². The predicted molar refractivity (Wildman–Crippen MR) is 67.9 cm³/mol. The molecule has 1 heterocycles. The van der Waals surface area contributed by atoms with Crippen LogP contribution in [0.3, 0.4) is 0 Å². The molecule has 0 aliphatic heterocycles. The lowest BCUT2D eigenvalue weighted by atomic mass is 10.2. The van der Waals surface area contributed by atoms with Crippen LogP contribution in [-0.2, 0) is 6.42 Å². The summed E-state index contributed by atoms with van der Waals surface area (Å²) in [7, 11) is 1.49. The minimum absolute atomic E-state index is 0.0268. The van der Waals surface area contributed by atoms with Crippen molar-refractivity contribution in [2.75, 3.05) is 7.11 Å². The highest BCUT2D eigenvalue weighted by molar-refractivity contribution is 5.62. The molecule has 0 amide bonds. The predicted octanol–water partition coefficient (Wildman–Crippen LogP) is 2.45. The second kappa shape index (κ2) is 5.00. The van der Waals surface area contributed by atoms with Crippen LogP contribution in [0.25, 0.3) is 11.4 Å². The molecule has 0 unspecified atom stereocenters. The third-order valence-electron chi connectivity index (χ3n) is 2.71. The number of nitrogens with zero attached hydrogens (tertiary/aromatic N) is 1. The number of H-pyrrole nitrogens is 1. The van der Waals surface area contributed by atoms with Gasteiger partial charge < -0.3 is 19.9 Å². The van der Waals surface area contributed by atoms with Crippen LogP contribution >= 0.6 is 0 Å². The van der Waals surface area contributed by atoms with Crippen molar-refractivity contribution in [3.05, 3.63) is 23.9 Å². The Hall–Kier alpha value is -2.17. The lowest BCUT2D eigenvalue weighted by Gasteiger charge is -2.04. The van der Waals surface area contributed by atoms with Gasteiger partial charge in [0.1, 0.15) is 5.82 Å². The van der Waals surface area contributed by atoms with Crippen LogP contribution < -0.4 is 4.74 Å². The van der Waals surface area contributed by atoms with Gasteiger partial charge in [0.05, 0.1) is 12.8 Å². The van der Waals surface area contributed by atoms with E-state index in [9.17, 15) is 10.2 Å². The quantitative estimate of drug-likeness (QED) is 0.776. The molecule has 5 nitrogen and oxygen atoms in total. The van der Waals surface area contributed by atoms with Crippen LogP contribution in [0, 0.1) is 0 Å². The number of ether oxygens (including phenoxy) is 1. The van der Waals surface area contributed by atoms with E-state index in [1.807, 2.05) is 6.92 Å². The number of hydrogen-bond donors (Lipinski definition) is 3. The minimum atomic E-state index is 0.0268. The van der Waals surface area contributed by atoms with Gasteiger partial charge in [0.15, 0.2) is 11.5 Å². The lowest BCUT2D eigenvalue weighted by Crippen LogP contribution is -1.87. The summed E-state index contributed by atoms with van der Waals surface area (Å²) >= 11 is 0. The summed E-state index contributed by atoms with van der Waals surface area (Å²) in [6, 6.07) is 4.92. The van der Waals surface area contributed by atoms with Gasteiger partial charge in [-0.2, -0.15) is 4.98 Å². The Morgan fingerprint density at radius 3 is 2.78 bits per heavy atom. The second-order valence-electron chi connectivity index (χ2n) is 4.02. The molecule has 0 radical (unpaired) electrons. The molecule has 0 aliphatic rings. The van der Waals surface area contributed by atoms with Crippen LogP contribution in [0.4, 0.5) is 0 Å². The lowest BCUT2D eigenvalue weighted by molar-refractivity contribution is 0.373. The Morgan fingerprint density at radius 2 is 2.11 bits per heavy atom. The van der Waals surface area contributed by atoms with E-state index in [4.69, 9.17) is 4.74 Å². The molecule has 0 spiro atoms. The number of imidazole rings is 1. The summed E-state index contributed by atoms with van der Waals surface area (Å²) < 4.78 is 5.04. The first-order chi connectivity index (χ1) is 8.65. The third-order valence-corrected chi connectivity index (χ3v) is 2.71. The van der Waals surface area contributed by atoms with Crippen molar-refractivity contribution in [1.82, 2.24) is 9.97 Å². The molecule has 18 heavy (non-hydrogen) atoms. The number of aryl methyl sites for hydroxylation is 1. The number of methoxy groups -OCH3 is 1. The number of benzene rings is 1. The first-order valence-corrected chi connectivity index (χ1v) is 5.81. The number of rotatable bonds is 4. The first kappa shape index (κ1) is 12.3. The van der Waals surface area contributed by atoms with Crippen molar-refractivity contribution in [2.45, 2.75) is 19.8 Å². The molecule has 2 aromatic rings. The molecule has 1 aromatic carbocycles. The van der Waals surface area contributed by atoms with Crippen molar-refractivity contribution in [3.8, 4) is 28.8 Å². The van der Waals surface area contributed by atoms with Gasteiger partial charge in [-0.3, -0.25) is 0 Å². The van der Waals surface area contributed by atoms with Gasteiger partial charge in [0, 0.05) is 5.56 Å². The number of hydrogen-bond acceptors (Lipinski definition) is 4. The fourth-order valence-corrected chi connectivity index (χ4v) is 1.79. The Bertz CT molecular complexity index is 549. The van der Waals surface area contributed by atoms with Crippen LogP contribution in [0.1, 0.15) is 19.0 Å². The van der Waals surface area contributed by atoms with Gasteiger partial charge in [-0.15, -0.1) is 0 Å². The first-order valence-electron chi connectivity index (χ1n) is 5.81. The minimum Gasteiger partial charge on any atom is -0.504 e. The molecule has 0 saturated heterocycles. The molecular weight excluding hydrogens is 232 g/mol. The highest BCUT2D eigenvalue weighted by Crippen LogP contribution is 2.31. The highest BCUT2D eigenvalue weighted by Gasteiger charge is 2.11. The topological polar surface area (TPSA) is 78.4 Å². The molecule has 0 bridgehead atoms. The monoisotopic (exact) mass is 248 g/mol. The van der Waals surface area contributed by atoms with Crippen molar-refractivity contribution in [1.29, 1.82) is 0 Å². The van der Waals surface area contributed by atoms with Crippen molar-refractivity contribution < 1.29 is 14.9 Å². The molecule has 0 atom stereocenters. The maximum absolute atomic E-state index is 9.68. The van der Waals surface area contributed by atoms with Crippen LogP contribution in [0.2, 0.25) is 0 Å². The smallest absolute Gasteiger partial charge is 0.232 e. The maximum atomic E-state index is 9.68. The molecular formula is C13H16N2O3. The van der Waals surface area contributed by atoms with Crippen molar-refractivity contribution in [2.24, 2.45) is 0 Å². The fourth-order valence-electron chi connectivity index (χ4n) is 1.79. The van der Waals surface area contributed by atoms with E-state index in [1.54, 1.807) is 12.1 Å². The average molecular weight is 248 g/mol. The number of aromatic amines is 1. The van der Waals surface area contributed by atoms with E-state index in [0.717, 1.165) is 24.1 Å². The summed E-state index contributed by atoms with van der Waals surface area (Å²) in [4.78, 5) is 7.14. The number of phenols is 1. The normalized spacial score (nSPS) is 10.6. The van der Waals surface area contributed by atoms with E-state index in [0.29, 0.717) is 11.6 Å². The molecule has 0 fully saturated rings. The van der Waals surface area contributed by atoms with Gasteiger partial charge in [0.25, 0.3) is 0 Å². The van der Waals surface area contributed by atoms with Crippen LogP contribution in [-0.4, -0.2) is 27.3 Å². The Kier molecular flexibility index (Phi) is 3.41. The van der Waals surface area contributed by atoms with E-state index in [2.05, 4.69) is 9.97 Å². The summed E-state index contributed by atoms with van der Waals surface area (Å²) in [6.45, 7) is 2.03. The third kappa shape index (κ3) is 2.25. The molecule has 5 heteroatoms. The zero-order valence-corrected chi connectivity index (χ0v) is 10.4. The van der Waals surface area contributed by atoms with Gasteiger partial charge in [-0.1, -0.05) is 13.3 Å². The largest absolute Gasteiger partial charge is 0.504 e. The Morgan fingerprint density at radius 1 is 1.33 bits per heavy atom. The zero-order chi connectivity index (χ0) is 13.1. The molecule has 1 aromatic heterocycles. The van der Waals surface area contributed by atoms with Crippen molar-refractivity contribution >= 4 is 0 Å². The van der Waals surface area contributed by atoms with E-state index in [-0.39, 0.29) is 11.6 Å². The SMILES string of the molecule is CCCc1[nH]c(-c2ccc(O)c(OC)c2)nc1O. The van der Waals surface area contributed by atoms with E-state index >= 15 is 0 Å². The number of nitrogens with one attached hydrogen (secondary N) is 1. The second-order valence-corrected chi connectivity index (χ2v) is 4.02. The highest BCUT2D eigenvalue weighted by atomic mass is 16.5. The molecule has 0 aliphatic carbocycles. The van der Waals surface area contributed by atoms with Gasteiger partial charge in [-0.05, 0) is 24.6 Å². The molecule has 3 N–H and O–H groups in total. The maximum Gasteiger partial charge on any atom is 0.232 e. The molecule has 2 rings (SSSR count). The van der Waals surface area contributed by atoms with Crippen LogP contribution in [0.5, 0.6) is 17.4 Å². The van der Waals surface area contributed by atoms with Gasteiger partial charge in [-0.25, -0.2) is 0 Å². The standard InChI is InChI=1S/C13H16N2O3/c1-3-4-9-13(17)15-12(14-9)8-5-6-10(16)11(7-8)18-2/h5-7,16-17H,3-4H2,1-2H3,(H,14,15). The van der Waals surface area contributed by atoms with Gasteiger partial charge >= 0.3 is 0 Å². The molecule has 96 valence electrons. The number of phenolic OH excluding ortho intramolecular Hbond substituents is 1. The van der Waals surface area contributed by atoms with Crippen molar-refractivity contribution in [3.63, 3.8) is 0 Å². The fraction of sp³-hybridized carbons (Fsp3) is 0.308. The Labute approximate surface area is 105 Å². The summed E-state index contributed by atoms with van der Waals surface area (Å²) in [5.41, 5.74) is 1.47. The zero-order valence-electron chi connectivity index (χ0n) is 10.4. The summed E-state index contributed by atoms with van der Waals surface area (Å²) in [5, 5.41) is 19.2. The number of aromatic hydroxyl groups is 2.